The molecule has 0 fully saturated rings. The quantitative estimate of drug-likeness (QED) is 0.471. The maximum Gasteiger partial charge on any atom is 0.381 e. The van der Waals surface area contributed by atoms with Crippen molar-refractivity contribution in [2.45, 2.75) is 39.7 Å². The summed E-state index contributed by atoms with van der Waals surface area (Å²) in [6.07, 6.45) is 2.35. The van der Waals surface area contributed by atoms with Crippen molar-refractivity contribution in [3.63, 3.8) is 0 Å². The molecule has 0 spiro atoms. The second-order valence-electron chi connectivity index (χ2n) is 4.86. The molecule has 2 heterocycles. The summed E-state index contributed by atoms with van der Waals surface area (Å²) < 4.78 is 11.4. The molecule has 0 saturated heterocycles. The molecule has 0 aliphatic carbocycles. The molecule has 22 heavy (non-hydrogen) atoms. The minimum absolute atomic E-state index is 0.0200. The Hall–Kier alpha value is -1.82. The smallest absolute Gasteiger partial charge is 0.381 e. The summed E-state index contributed by atoms with van der Waals surface area (Å²) in [5.41, 5.74) is 0.871. The number of halogens is 1. The fourth-order valence-electron chi connectivity index (χ4n) is 2.63. The summed E-state index contributed by atoms with van der Waals surface area (Å²) in [5, 5.41) is -0.0200. The molecule has 0 unspecified atom stereocenters. The molecule has 0 N–H and O–H groups in total. The van der Waals surface area contributed by atoms with E-state index in [-0.39, 0.29) is 29.5 Å². The van der Waals surface area contributed by atoms with Crippen molar-refractivity contribution in [1.29, 1.82) is 0 Å². The van der Waals surface area contributed by atoms with Gasteiger partial charge in [-0.15, -0.1) is 0 Å². The topological polar surface area (TPSA) is 74.6 Å². The van der Waals surface area contributed by atoms with Gasteiger partial charge in [-0.1, -0.05) is 11.6 Å². The van der Waals surface area contributed by atoms with Crippen LogP contribution in [0.25, 0.3) is 0 Å². The molecule has 6 nitrogen and oxygen atoms in total. The van der Waals surface area contributed by atoms with E-state index < -0.39 is 17.7 Å². The molecule has 1 aliphatic heterocycles. The molecule has 0 saturated carbocycles. The molecule has 1 aromatic rings. The third-order valence-corrected chi connectivity index (χ3v) is 3.88. The summed E-state index contributed by atoms with van der Waals surface area (Å²) >= 11 is 6.24. The predicted molar refractivity (Wildman–Crippen MR) is 79.3 cm³/mol. The SMILES string of the molecule is CCOC(=O)C(=O)c1c(Cl)c(C(=O)OCC)c2n1CCCC2. The highest BCUT2D eigenvalue weighted by atomic mass is 35.5. The van der Waals surface area contributed by atoms with Crippen LogP contribution < -0.4 is 0 Å². The highest BCUT2D eigenvalue weighted by molar-refractivity contribution is 6.46. The van der Waals surface area contributed by atoms with Crippen LogP contribution >= 0.6 is 11.6 Å². The highest BCUT2D eigenvalue weighted by Crippen LogP contribution is 2.33. The first-order chi connectivity index (χ1) is 10.5. The minimum atomic E-state index is -0.967. The molecule has 7 heteroatoms. The molecule has 120 valence electrons. The summed E-state index contributed by atoms with van der Waals surface area (Å²) in [4.78, 5) is 36.1. The Morgan fingerprint density at radius 2 is 1.82 bits per heavy atom. The van der Waals surface area contributed by atoms with E-state index in [1.54, 1.807) is 18.4 Å². The van der Waals surface area contributed by atoms with Crippen molar-refractivity contribution in [2.75, 3.05) is 13.2 Å². The first kappa shape index (κ1) is 16.5. The summed E-state index contributed by atoms with van der Waals surface area (Å²) in [6.45, 7) is 4.15. The number of nitrogens with zero attached hydrogens (tertiary/aromatic N) is 1. The van der Waals surface area contributed by atoms with Gasteiger partial charge in [0.05, 0.1) is 23.8 Å². The number of hydrogen-bond acceptors (Lipinski definition) is 5. The number of ether oxygens (including phenoxy) is 2. The lowest BCUT2D eigenvalue weighted by Crippen LogP contribution is -2.23. The van der Waals surface area contributed by atoms with E-state index in [9.17, 15) is 14.4 Å². The summed E-state index contributed by atoms with van der Waals surface area (Å²) in [5.74, 6) is -2.36. The van der Waals surface area contributed by atoms with Gasteiger partial charge in [-0.2, -0.15) is 0 Å². The van der Waals surface area contributed by atoms with Crippen LogP contribution in [-0.4, -0.2) is 35.5 Å². The van der Waals surface area contributed by atoms with E-state index in [2.05, 4.69) is 0 Å². The van der Waals surface area contributed by atoms with E-state index in [0.29, 0.717) is 18.7 Å². The van der Waals surface area contributed by atoms with Crippen LogP contribution in [-0.2, 0) is 27.2 Å². The van der Waals surface area contributed by atoms with Crippen molar-refractivity contribution in [2.24, 2.45) is 0 Å². The number of ketones is 1. The van der Waals surface area contributed by atoms with Gasteiger partial charge in [0.1, 0.15) is 5.69 Å². The molecule has 0 amide bonds. The Morgan fingerprint density at radius 1 is 1.14 bits per heavy atom. The summed E-state index contributed by atoms with van der Waals surface area (Å²) in [6, 6.07) is 0. The number of Topliss-reactive ketones (excluding diaryl/α,β-unsaturated/α-hetero) is 1. The van der Waals surface area contributed by atoms with Crippen LogP contribution in [0.2, 0.25) is 5.02 Å². The lowest BCUT2D eigenvalue weighted by Gasteiger charge is -2.17. The zero-order valence-electron chi connectivity index (χ0n) is 12.6. The lowest BCUT2D eigenvalue weighted by molar-refractivity contribution is -0.137. The van der Waals surface area contributed by atoms with Crippen molar-refractivity contribution in [3.8, 4) is 0 Å². The molecule has 0 aromatic carbocycles. The summed E-state index contributed by atoms with van der Waals surface area (Å²) in [7, 11) is 0. The van der Waals surface area contributed by atoms with Gasteiger partial charge < -0.3 is 14.0 Å². The van der Waals surface area contributed by atoms with Crippen LogP contribution in [0.15, 0.2) is 0 Å². The van der Waals surface area contributed by atoms with Crippen LogP contribution in [0.3, 0.4) is 0 Å². The fourth-order valence-corrected chi connectivity index (χ4v) is 3.00. The molecule has 0 atom stereocenters. The van der Waals surface area contributed by atoms with Crippen molar-refractivity contribution in [1.82, 2.24) is 4.57 Å². The van der Waals surface area contributed by atoms with Gasteiger partial charge in [0.25, 0.3) is 5.78 Å². The van der Waals surface area contributed by atoms with Gasteiger partial charge in [-0.05, 0) is 33.1 Å². The Balaban J connectivity index is 2.52. The number of carbonyl (C=O) groups is 3. The van der Waals surface area contributed by atoms with Gasteiger partial charge in [0, 0.05) is 12.2 Å². The van der Waals surface area contributed by atoms with Crippen LogP contribution in [0.1, 0.15) is 53.2 Å². The average molecular weight is 328 g/mol. The fraction of sp³-hybridized carbons (Fsp3) is 0.533. The average Bonchev–Trinajstić information content (AvgIpc) is 2.79. The predicted octanol–water partition coefficient (Wildman–Crippen LogP) is 2.40. The Morgan fingerprint density at radius 3 is 2.45 bits per heavy atom. The van der Waals surface area contributed by atoms with Crippen LogP contribution in [0, 0.1) is 0 Å². The minimum Gasteiger partial charge on any atom is -0.462 e. The molecular weight excluding hydrogens is 310 g/mol. The Labute approximate surface area is 133 Å². The van der Waals surface area contributed by atoms with Gasteiger partial charge in [-0.25, -0.2) is 9.59 Å². The maximum absolute atomic E-state index is 12.3. The zero-order valence-corrected chi connectivity index (χ0v) is 13.4. The first-order valence-electron chi connectivity index (χ1n) is 7.32. The van der Waals surface area contributed by atoms with Crippen molar-refractivity contribution in [3.05, 3.63) is 22.0 Å². The molecule has 2 rings (SSSR count). The van der Waals surface area contributed by atoms with Gasteiger partial charge in [0.2, 0.25) is 0 Å². The van der Waals surface area contributed by atoms with E-state index in [1.165, 1.54) is 0 Å². The third-order valence-electron chi connectivity index (χ3n) is 3.51. The maximum atomic E-state index is 12.3. The second kappa shape index (κ2) is 6.96. The molecule has 0 bridgehead atoms. The number of fused-ring (bicyclic) bond motifs is 1. The third kappa shape index (κ3) is 2.88. The number of rotatable bonds is 5. The van der Waals surface area contributed by atoms with E-state index in [0.717, 1.165) is 12.8 Å². The number of esters is 2. The van der Waals surface area contributed by atoms with Gasteiger partial charge in [-0.3, -0.25) is 4.79 Å². The van der Waals surface area contributed by atoms with Crippen molar-refractivity contribution >= 4 is 29.3 Å². The van der Waals surface area contributed by atoms with Crippen LogP contribution in [0.5, 0.6) is 0 Å². The van der Waals surface area contributed by atoms with Crippen LogP contribution in [0.4, 0.5) is 0 Å². The van der Waals surface area contributed by atoms with E-state index >= 15 is 0 Å². The first-order valence-corrected chi connectivity index (χ1v) is 7.70. The Kier molecular flexibility index (Phi) is 5.24. The second-order valence-corrected chi connectivity index (χ2v) is 5.24. The molecule has 0 radical (unpaired) electrons. The number of carbonyl (C=O) groups excluding carboxylic acids is 3. The van der Waals surface area contributed by atoms with Gasteiger partial charge in [0.15, 0.2) is 0 Å². The highest BCUT2D eigenvalue weighted by Gasteiger charge is 2.34. The number of aromatic nitrogens is 1. The molecule has 1 aliphatic rings. The molecule has 1 aromatic heterocycles. The lowest BCUT2D eigenvalue weighted by atomic mass is 10.1. The molecular formula is C15H18ClNO5. The van der Waals surface area contributed by atoms with E-state index in [1.807, 2.05) is 0 Å². The van der Waals surface area contributed by atoms with E-state index in [4.69, 9.17) is 21.1 Å². The zero-order chi connectivity index (χ0) is 16.3. The Bertz CT molecular complexity index is 620. The largest absolute Gasteiger partial charge is 0.462 e. The standard InChI is InChI=1S/C15H18ClNO5/c1-3-21-14(19)10-9-7-5-6-8-17(9)12(11(10)16)13(18)15(20)22-4-2/h3-8H2,1-2H3. The normalized spacial score (nSPS) is 13.4. The van der Waals surface area contributed by atoms with Gasteiger partial charge >= 0.3 is 11.9 Å². The van der Waals surface area contributed by atoms with Crippen molar-refractivity contribution < 1.29 is 23.9 Å². The number of hydrogen-bond donors (Lipinski definition) is 0. The monoisotopic (exact) mass is 327 g/mol.